The molecule has 0 radical (unpaired) electrons. The number of pyridine rings is 4. The van der Waals surface area contributed by atoms with Gasteiger partial charge in [-0.15, -0.1) is 0 Å². The summed E-state index contributed by atoms with van der Waals surface area (Å²) in [7, 11) is 0. The number of rotatable bonds is 4. The zero-order valence-electron chi connectivity index (χ0n) is 30.6. The lowest BCUT2D eigenvalue weighted by Crippen LogP contribution is -1.96. The van der Waals surface area contributed by atoms with Crippen LogP contribution in [0.5, 0.6) is 0 Å². The Morgan fingerprint density at radius 1 is 0.278 bits per heavy atom. The first-order valence-electron chi connectivity index (χ1n) is 18.5. The predicted octanol–water partition coefficient (Wildman–Crippen LogP) is 12.9. The summed E-state index contributed by atoms with van der Waals surface area (Å²) < 4.78 is 0. The average molecular weight is 693 g/mol. The van der Waals surface area contributed by atoms with Crippen molar-refractivity contribution in [2.45, 2.75) is 27.7 Å². The van der Waals surface area contributed by atoms with E-state index in [1.54, 1.807) is 0 Å². The van der Waals surface area contributed by atoms with Crippen LogP contribution in [0.4, 0.5) is 0 Å². The summed E-state index contributed by atoms with van der Waals surface area (Å²) in [6.07, 6.45) is 0. The minimum absolute atomic E-state index is 0.924. The fourth-order valence-electron chi connectivity index (χ4n) is 8.00. The SMILES string of the molecule is Cc1c(C)c2ccc(-c3ccc4ccc(-c5ccc6c(C)c(C)c7ccc(-c8ccccc8)nc7c6n5)cc4c3)nc2c2nc(-c3ccccc3)ccc12. The molecule has 0 bridgehead atoms. The molecule has 10 rings (SSSR count). The van der Waals surface area contributed by atoms with Gasteiger partial charge in [0.05, 0.1) is 44.8 Å². The van der Waals surface area contributed by atoms with E-state index in [1.807, 2.05) is 12.1 Å². The van der Waals surface area contributed by atoms with Crippen LogP contribution in [0.2, 0.25) is 0 Å². The summed E-state index contributed by atoms with van der Waals surface area (Å²) in [6.45, 7) is 8.74. The molecule has 10 aromatic rings. The van der Waals surface area contributed by atoms with Gasteiger partial charge in [-0.05, 0) is 97.1 Å². The van der Waals surface area contributed by atoms with E-state index in [2.05, 4.69) is 161 Å². The van der Waals surface area contributed by atoms with Gasteiger partial charge in [-0.1, -0.05) is 109 Å². The first-order chi connectivity index (χ1) is 26.4. The maximum Gasteiger partial charge on any atom is 0.0975 e. The van der Waals surface area contributed by atoms with E-state index in [9.17, 15) is 0 Å². The molecular weight excluding hydrogens is 657 g/mol. The second-order valence-electron chi connectivity index (χ2n) is 14.4. The van der Waals surface area contributed by atoms with Crippen molar-refractivity contribution in [2.75, 3.05) is 0 Å². The van der Waals surface area contributed by atoms with Crippen molar-refractivity contribution >= 4 is 54.4 Å². The standard InChI is InChI=1S/C50H36N4/c1-29-31(3)41-21-25-45(53-49(41)47-39(29)19-23-43(51-47)34-11-7-5-8-12-34)36-17-15-33-16-18-37(28-38(33)27-36)46-26-22-42-32(4)30(2)40-20-24-44(35-13-9-6-10-14-35)52-48(40)50(42)54-46/h5-28H,1-4H3. The minimum atomic E-state index is 0.924. The largest absolute Gasteiger partial charge is 0.245 e. The minimum Gasteiger partial charge on any atom is -0.245 e. The van der Waals surface area contributed by atoms with Crippen molar-refractivity contribution in [1.29, 1.82) is 0 Å². The third-order valence-corrected chi connectivity index (χ3v) is 11.3. The number of fused-ring (bicyclic) bond motifs is 7. The molecule has 0 N–H and O–H groups in total. The van der Waals surface area contributed by atoms with Crippen LogP contribution in [-0.2, 0) is 0 Å². The molecule has 4 heterocycles. The van der Waals surface area contributed by atoms with Gasteiger partial charge in [0.1, 0.15) is 0 Å². The zero-order chi connectivity index (χ0) is 36.5. The third-order valence-electron chi connectivity index (χ3n) is 11.3. The Kier molecular flexibility index (Phi) is 7.34. The van der Waals surface area contributed by atoms with Crippen molar-refractivity contribution in [1.82, 2.24) is 19.9 Å². The Morgan fingerprint density at radius 2 is 0.593 bits per heavy atom. The van der Waals surface area contributed by atoms with E-state index in [0.717, 1.165) is 94.0 Å². The second-order valence-corrected chi connectivity index (χ2v) is 14.4. The molecule has 256 valence electrons. The van der Waals surface area contributed by atoms with Gasteiger partial charge in [-0.25, -0.2) is 19.9 Å². The Hall–Kier alpha value is -6.78. The maximum atomic E-state index is 5.32. The highest BCUT2D eigenvalue weighted by Gasteiger charge is 2.16. The summed E-state index contributed by atoms with van der Waals surface area (Å²) in [4.78, 5) is 21.1. The molecular formula is C50H36N4. The molecule has 6 aromatic carbocycles. The normalized spacial score (nSPS) is 11.7. The van der Waals surface area contributed by atoms with Crippen molar-refractivity contribution in [3.8, 4) is 45.0 Å². The molecule has 0 unspecified atom stereocenters. The first kappa shape index (κ1) is 31.9. The molecule has 0 aliphatic carbocycles. The fraction of sp³-hybridized carbons (Fsp3) is 0.0800. The van der Waals surface area contributed by atoms with E-state index in [4.69, 9.17) is 19.9 Å². The molecule has 0 saturated carbocycles. The van der Waals surface area contributed by atoms with Crippen LogP contribution >= 0.6 is 0 Å². The molecule has 0 amide bonds. The van der Waals surface area contributed by atoms with E-state index < -0.39 is 0 Å². The maximum absolute atomic E-state index is 5.32. The molecule has 0 aliphatic rings. The van der Waals surface area contributed by atoms with Gasteiger partial charge in [-0.3, -0.25) is 0 Å². The van der Waals surface area contributed by atoms with Gasteiger partial charge >= 0.3 is 0 Å². The quantitative estimate of drug-likeness (QED) is 0.172. The molecule has 4 heteroatoms. The molecule has 4 aromatic heterocycles. The van der Waals surface area contributed by atoms with Gasteiger partial charge in [0.25, 0.3) is 0 Å². The lowest BCUT2D eigenvalue weighted by molar-refractivity contribution is 1.33. The van der Waals surface area contributed by atoms with Crippen molar-refractivity contribution in [2.24, 2.45) is 0 Å². The van der Waals surface area contributed by atoms with Crippen LogP contribution in [0.3, 0.4) is 0 Å². The van der Waals surface area contributed by atoms with E-state index in [1.165, 1.54) is 27.6 Å². The highest BCUT2D eigenvalue weighted by molar-refractivity contribution is 6.09. The monoisotopic (exact) mass is 692 g/mol. The van der Waals surface area contributed by atoms with Gasteiger partial charge in [0.2, 0.25) is 0 Å². The molecule has 0 aliphatic heterocycles. The number of aryl methyl sites for hydroxylation is 4. The Morgan fingerprint density at radius 3 is 0.926 bits per heavy atom. The Balaban J connectivity index is 1.09. The summed E-state index contributed by atoms with van der Waals surface area (Å²) in [6, 6.07) is 51.3. The topological polar surface area (TPSA) is 51.6 Å². The molecule has 54 heavy (non-hydrogen) atoms. The smallest absolute Gasteiger partial charge is 0.0975 e. The highest BCUT2D eigenvalue weighted by atomic mass is 14.8. The van der Waals surface area contributed by atoms with Gasteiger partial charge in [-0.2, -0.15) is 0 Å². The van der Waals surface area contributed by atoms with Crippen molar-refractivity contribution in [3.63, 3.8) is 0 Å². The van der Waals surface area contributed by atoms with Crippen molar-refractivity contribution in [3.05, 3.63) is 168 Å². The number of nitrogens with zero attached hydrogens (tertiary/aromatic N) is 4. The van der Waals surface area contributed by atoms with E-state index in [0.29, 0.717) is 0 Å². The summed E-state index contributed by atoms with van der Waals surface area (Å²) in [5.74, 6) is 0. The van der Waals surface area contributed by atoms with Crippen LogP contribution in [0.1, 0.15) is 22.3 Å². The van der Waals surface area contributed by atoms with E-state index >= 15 is 0 Å². The molecule has 4 nitrogen and oxygen atoms in total. The van der Waals surface area contributed by atoms with Gasteiger partial charge < -0.3 is 0 Å². The second kappa shape index (κ2) is 12.4. The van der Waals surface area contributed by atoms with Gasteiger partial charge in [0.15, 0.2) is 0 Å². The summed E-state index contributed by atoms with van der Waals surface area (Å²) in [5.41, 5.74) is 16.8. The van der Waals surface area contributed by atoms with Gasteiger partial charge in [0, 0.05) is 43.8 Å². The lowest BCUT2D eigenvalue weighted by atomic mass is 9.96. The van der Waals surface area contributed by atoms with Crippen LogP contribution in [0, 0.1) is 27.7 Å². The Bertz CT molecular complexity index is 2920. The van der Waals surface area contributed by atoms with Crippen molar-refractivity contribution < 1.29 is 0 Å². The van der Waals surface area contributed by atoms with Crippen LogP contribution in [0.25, 0.3) is 99.4 Å². The molecule has 0 fully saturated rings. The summed E-state index contributed by atoms with van der Waals surface area (Å²) in [5, 5.41) is 6.85. The Labute approximate surface area is 313 Å². The number of aromatic nitrogens is 4. The highest BCUT2D eigenvalue weighted by Crippen LogP contribution is 2.36. The molecule has 0 spiro atoms. The number of benzene rings is 6. The predicted molar refractivity (Wildman–Crippen MR) is 226 cm³/mol. The van der Waals surface area contributed by atoms with Crippen LogP contribution in [0.15, 0.2) is 146 Å². The molecule has 0 atom stereocenters. The first-order valence-corrected chi connectivity index (χ1v) is 18.5. The van der Waals surface area contributed by atoms with E-state index in [-0.39, 0.29) is 0 Å². The summed E-state index contributed by atoms with van der Waals surface area (Å²) >= 11 is 0. The fourth-order valence-corrected chi connectivity index (χ4v) is 8.00. The molecule has 0 saturated heterocycles. The van der Waals surface area contributed by atoms with Crippen LogP contribution < -0.4 is 0 Å². The lowest BCUT2D eigenvalue weighted by Gasteiger charge is -2.14. The van der Waals surface area contributed by atoms with Crippen LogP contribution in [-0.4, -0.2) is 19.9 Å². The number of hydrogen-bond acceptors (Lipinski definition) is 4. The average Bonchev–Trinajstić information content (AvgIpc) is 3.24. The number of hydrogen-bond donors (Lipinski definition) is 0. The third kappa shape index (κ3) is 5.14. The zero-order valence-corrected chi connectivity index (χ0v) is 30.6.